The molecule has 48 heavy (non-hydrogen) atoms. The normalized spacial score (nSPS) is 11.3. The Morgan fingerprint density at radius 3 is 1.56 bits per heavy atom. The monoisotopic (exact) mass is 710 g/mol. The third-order valence-corrected chi connectivity index (χ3v) is 13.9. The maximum absolute atomic E-state index is 9.94. The second kappa shape index (κ2) is 19.4. The summed E-state index contributed by atoms with van der Waals surface area (Å²) in [5.41, 5.74) is 4.27. The fraction of sp³-hybridized carbons (Fsp3) is 0.476. The van der Waals surface area contributed by atoms with Crippen LogP contribution in [0.2, 0.25) is 0 Å². The van der Waals surface area contributed by atoms with E-state index in [1.807, 2.05) is 34.0 Å². The third-order valence-electron chi connectivity index (χ3n) is 9.22. The lowest BCUT2D eigenvalue weighted by Gasteiger charge is -2.04. The summed E-state index contributed by atoms with van der Waals surface area (Å²) in [5, 5.41) is 19.8. The van der Waals surface area contributed by atoms with Crippen LogP contribution in [0.15, 0.2) is 48.5 Å². The average molecular weight is 711 g/mol. The van der Waals surface area contributed by atoms with Crippen molar-refractivity contribution in [2.24, 2.45) is 0 Å². The quantitative estimate of drug-likeness (QED) is 0.0712. The molecule has 0 saturated heterocycles. The predicted molar refractivity (Wildman–Crippen MR) is 212 cm³/mol. The zero-order valence-corrected chi connectivity index (χ0v) is 32.1. The summed E-state index contributed by atoms with van der Waals surface area (Å²) >= 11 is 7.30. The molecule has 0 aliphatic carbocycles. The zero-order valence-electron chi connectivity index (χ0n) is 28.9. The van der Waals surface area contributed by atoms with Crippen LogP contribution >= 0.6 is 45.3 Å². The van der Waals surface area contributed by atoms with Gasteiger partial charge in [0.2, 0.25) is 0 Å². The van der Waals surface area contributed by atoms with Gasteiger partial charge >= 0.3 is 0 Å². The van der Waals surface area contributed by atoms with E-state index in [1.54, 1.807) is 11.3 Å². The van der Waals surface area contributed by atoms with E-state index in [2.05, 4.69) is 74.5 Å². The van der Waals surface area contributed by atoms with Gasteiger partial charge in [-0.2, -0.15) is 10.5 Å². The molecule has 0 N–H and O–H groups in total. The van der Waals surface area contributed by atoms with Gasteiger partial charge in [0.15, 0.2) is 0 Å². The Morgan fingerprint density at radius 2 is 1.00 bits per heavy atom. The first-order valence-electron chi connectivity index (χ1n) is 18.2. The standard InChI is InChI=1S/C42H50N2S4/c1-3-5-7-9-11-12-14-16-18-35-23-33(29-43)39(45-35)25-36-27-41-42(46-36)28-37(47-41)26-40-34(30-44)24-38(48-40)32-21-19-31(20-22-32)17-15-13-10-8-6-4-2/h19-24,27-28H,3-18,25-26H2,1-2H3. The lowest BCUT2D eigenvalue weighted by molar-refractivity contribution is 0.576. The van der Waals surface area contributed by atoms with Gasteiger partial charge in [-0.3, -0.25) is 0 Å². The third kappa shape index (κ3) is 10.6. The molecule has 1 aromatic carbocycles. The van der Waals surface area contributed by atoms with Gasteiger partial charge in [-0.05, 0) is 61.1 Å². The van der Waals surface area contributed by atoms with Gasteiger partial charge in [0.25, 0.3) is 0 Å². The molecule has 0 atom stereocenters. The molecule has 0 fully saturated rings. The second-order valence-electron chi connectivity index (χ2n) is 13.2. The number of fused-ring (bicyclic) bond motifs is 1. The molecular weight excluding hydrogens is 661 g/mol. The first kappa shape index (κ1) is 36.5. The van der Waals surface area contributed by atoms with Crippen molar-refractivity contribution < 1.29 is 0 Å². The molecule has 6 heteroatoms. The van der Waals surface area contributed by atoms with Crippen molar-refractivity contribution in [3.05, 3.63) is 89.6 Å². The highest BCUT2D eigenvalue weighted by Crippen LogP contribution is 2.39. The largest absolute Gasteiger partial charge is 0.192 e. The van der Waals surface area contributed by atoms with E-state index < -0.39 is 0 Å². The van der Waals surface area contributed by atoms with E-state index in [9.17, 15) is 10.5 Å². The van der Waals surface area contributed by atoms with Crippen molar-refractivity contribution >= 4 is 54.7 Å². The number of benzene rings is 1. The highest BCUT2D eigenvalue weighted by atomic mass is 32.1. The molecule has 252 valence electrons. The smallest absolute Gasteiger partial charge is 0.100 e. The fourth-order valence-electron chi connectivity index (χ4n) is 6.43. The topological polar surface area (TPSA) is 47.6 Å². The molecule has 0 saturated carbocycles. The summed E-state index contributed by atoms with van der Waals surface area (Å²) in [6, 6.07) is 22.8. The first-order chi connectivity index (χ1) is 23.6. The van der Waals surface area contributed by atoms with E-state index in [0.29, 0.717) is 0 Å². The Hall–Kier alpha value is -2.74. The molecule has 5 rings (SSSR count). The maximum atomic E-state index is 9.94. The van der Waals surface area contributed by atoms with Crippen LogP contribution < -0.4 is 0 Å². The molecule has 0 bridgehead atoms. The minimum absolute atomic E-state index is 0.799. The minimum Gasteiger partial charge on any atom is -0.192 e. The van der Waals surface area contributed by atoms with Gasteiger partial charge in [0.05, 0.1) is 11.1 Å². The Balaban J connectivity index is 1.14. The molecule has 0 radical (unpaired) electrons. The molecule has 0 amide bonds. The van der Waals surface area contributed by atoms with Gasteiger partial charge in [0.1, 0.15) is 12.1 Å². The minimum atomic E-state index is 0.799. The van der Waals surface area contributed by atoms with Crippen molar-refractivity contribution in [1.82, 2.24) is 0 Å². The lowest BCUT2D eigenvalue weighted by atomic mass is 10.0. The second-order valence-corrected chi connectivity index (χ2v) is 17.9. The zero-order chi connectivity index (χ0) is 33.6. The lowest BCUT2D eigenvalue weighted by Crippen LogP contribution is -1.86. The Morgan fingerprint density at radius 1 is 0.500 bits per heavy atom. The van der Waals surface area contributed by atoms with Crippen molar-refractivity contribution in [2.45, 2.75) is 129 Å². The Bertz CT molecular complexity index is 1750. The summed E-state index contributed by atoms with van der Waals surface area (Å²) in [6.45, 7) is 4.54. The van der Waals surface area contributed by atoms with Crippen LogP contribution in [0.3, 0.4) is 0 Å². The Labute approximate surface area is 305 Å². The number of hydrogen-bond acceptors (Lipinski definition) is 6. The fourth-order valence-corrected chi connectivity index (χ4v) is 11.4. The van der Waals surface area contributed by atoms with Crippen LogP contribution in [0, 0.1) is 22.7 Å². The molecule has 4 aromatic heterocycles. The predicted octanol–water partition coefficient (Wildman–Crippen LogP) is 14.3. The van der Waals surface area contributed by atoms with Crippen LogP contribution in [0.5, 0.6) is 0 Å². The van der Waals surface area contributed by atoms with Gasteiger partial charge in [-0.25, -0.2) is 0 Å². The highest BCUT2D eigenvalue weighted by molar-refractivity contribution is 7.28. The van der Waals surface area contributed by atoms with E-state index >= 15 is 0 Å². The number of unbranched alkanes of at least 4 members (excludes halogenated alkanes) is 12. The number of thiophene rings is 4. The van der Waals surface area contributed by atoms with Crippen LogP contribution in [0.25, 0.3) is 19.8 Å². The summed E-state index contributed by atoms with van der Waals surface area (Å²) in [5.74, 6) is 0. The van der Waals surface area contributed by atoms with E-state index in [-0.39, 0.29) is 0 Å². The number of hydrogen-bond donors (Lipinski definition) is 0. The van der Waals surface area contributed by atoms with Crippen LogP contribution in [-0.2, 0) is 25.7 Å². The highest BCUT2D eigenvalue weighted by Gasteiger charge is 2.16. The van der Waals surface area contributed by atoms with Crippen LogP contribution in [-0.4, -0.2) is 0 Å². The van der Waals surface area contributed by atoms with Gasteiger partial charge in [-0.1, -0.05) is 115 Å². The number of nitrogens with zero attached hydrogens (tertiary/aromatic N) is 2. The van der Waals surface area contributed by atoms with Gasteiger partial charge in [0, 0.05) is 51.5 Å². The van der Waals surface area contributed by atoms with Crippen molar-refractivity contribution in [1.29, 1.82) is 10.5 Å². The van der Waals surface area contributed by atoms with Crippen LogP contribution in [0.4, 0.5) is 0 Å². The van der Waals surface area contributed by atoms with Gasteiger partial charge < -0.3 is 0 Å². The van der Waals surface area contributed by atoms with Gasteiger partial charge in [-0.15, -0.1) is 45.3 Å². The summed E-state index contributed by atoms with van der Waals surface area (Å²) in [6.07, 6.45) is 22.5. The molecule has 5 aromatic rings. The first-order valence-corrected chi connectivity index (χ1v) is 21.5. The van der Waals surface area contributed by atoms with Crippen molar-refractivity contribution in [2.75, 3.05) is 0 Å². The molecule has 0 aliphatic rings. The molecule has 0 aliphatic heterocycles. The number of nitriles is 2. The molecular formula is C42H50N2S4. The summed E-state index contributed by atoms with van der Waals surface area (Å²) in [4.78, 5) is 7.54. The molecule has 2 nitrogen and oxygen atoms in total. The SMILES string of the molecule is CCCCCCCCCCc1cc(C#N)c(Cc2cc3sc(Cc4sc(-c5ccc(CCCCCCCC)cc5)cc4C#N)cc3s2)s1. The van der Waals surface area contributed by atoms with E-state index in [1.165, 1.54) is 135 Å². The average Bonchev–Trinajstić information content (AvgIpc) is 3.87. The summed E-state index contributed by atoms with van der Waals surface area (Å²) < 4.78 is 2.63. The molecule has 4 heterocycles. The van der Waals surface area contributed by atoms with E-state index in [4.69, 9.17) is 0 Å². The molecule has 0 spiro atoms. The van der Waals surface area contributed by atoms with Crippen LogP contribution in [0.1, 0.15) is 145 Å². The van der Waals surface area contributed by atoms with Crippen molar-refractivity contribution in [3.8, 4) is 22.6 Å². The Kier molecular flexibility index (Phi) is 14.8. The van der Waals surface area contributed by atoms with E-state index in [0.717, 1.165) is 41.7 Å². The maximum Gasteiger partial charge on any atom is 0.100 e. The summed E-state index contributed by atoms with van der Waals surface area (Å²) in [7, 11) is 0. The molecule has 0 unspecified atom stereocenters. The number of aryl methyl sites for hydroxylation is 2. The number of rotatable bonds is 21. The van der Waals surface area contributed by atoms with Crippen molar-refractivity contribution in [3.63, 3.8) is 0 Å².